The second-order valence-electron chi connectivity index (χ2n) is 4.27. The number of hydrogen-bond donors (Lipinski definition) is 1. The van der Waals surface area contributed by atoms with Gasteiger partial charge in [0.15, 0.2) is 0 Å². The summed E-state index contributed by atoms with van der Waals surface area (Å²) in [4.78, 5) is 0. The van der Waals surface area contributed by atoms with Crippen LogP contribution in [0.2, 0.25) is 0 Å². The lowest BCUT2D eigenvalue weighted by Gasteiger charge is -2.14. The number of hydrogen-bond acceptors (Lipinski definition) is 4. The molecule has 0 aliphatic carbocycles. The van der Waals surface area contributed by atoms with Crippen LogP contribution in [0.4, 0.5) is 5.69 Å². The third kappa shape index (κ3) is 3.64. The number of rotatable bonds is 5. The van der Waals surface area contributed by atoms with Gasteiger partial charge in [0.2, 0.25) is 10.0 Å². The van der Waals surface area contributed by atoms with Gasteiger partial charge in [-0.15, -0.1) is 0 Å². The molecule has 0 saturated heterocycles. The Labute approximate surface area is 107 Å². The van der Waals surface area contributed by atoms with Gasteiger partial charge in [-0.25, -0.2) is 8.42 Å². The maximum absolute atomic E-state index is 11.9. The zero-order valence-electron chi connectivity index (χ0n) is 10.6. The number of nitriles is 1. The molecule has 1 N–H and O–H groups in total. The van der Waals surface area contributed by atoms with Crippen LogP contribution in [-0.2, 0) is 10.0 Å². The fourth-order valence-corrected chi connectivity index (χ4v) is 3.02. The quantitative estimate of drug-likeness (QED) is 0.885. The number of para-hydroxylation sites is 1. The summed E-state index contributed by atoms with van der Waals surface area (Å²) in [6, 6.07) is 6.72. The molecule has 0 amide bonds. The number of methoxy groups -OCH3 is 1. The Morgan fingerprint density at radius 3 is 2.61 bits per heavy atom. The summed E-state index contributed by atoms with van der Waals surface area (Å²) in [5, 5.41) is 8.98. The van der Waals surface area contributed by atoms with Crippen molar-refractivity contribution >= 4 is 15.7 Å². The van der Waals surface area contributed by atoms with Gasteiger partial charge in [0.25, 0.3) is 0 Å². The van der Waals surface area contributed by atoms with E-state index in [2.05, 4.69) is 4.72 Å². The van der Waals surface area contributed by atoms with Crippen LogP contribution in [0.5, 0.6) is 5.75 Å². The molecule has 0 atom stereocenters. The third-order valence-electron chi connectivity index (χ3n) is 2.18. The van der Waals surface area contributed by atoms with Gasteiger partial charge in [-0.1, -0.05) is 19.9 Å². The van der Waals surface area contributed by atoms with Crippen LogP contribution in [0.1, 0.15) is 19.4 Å². The van der Waals surface area contributed by atoms with E-state index in [9.17, 15) is 8.42 Å². The lowest BCUT2D eigenvalue weighted by Crippen LogP contribution is -2.21. The van der Waals surface area contributed by atoms with Crippen molar-refractivity contribution in [2.45, 2.75) is 13.8 Å². The van der Waals surface area contributed by atoms with E-state index in [1.54, 1.807) is 12.1 Å². The largest absolute Gasteiger partial charge is 0.495 e. The van der Waals surface area contributed by atoms with E-state index in [-0.39, 0.29) is 22.9 Å². The topological polar surface area (TPSA) is 79.2 Å². The minimum Gasteiger partial charge on any atom is -0.495 e. The molecule has 1 aromatic rings. The summed E-state index contributed by atoms with van der Waals surface area (Å²) in [6.45, 7) is 3.62. The molecule has 0 aliphatic rings. The molecule has 98 valence electrons. The van der Waals surface area contributed by atoms with Crippen molar-refractivity contribution in [1.29, 1.82) is 5.26 Å². The highest BCUT2D eigenvalue weighted by Gasteiger charge is 2.18. The van der Waals surface area contributed by atoms with E-state index in [1.165, 1.54) is 13.2 Å². The van der Waals surface area contributed by atoms with Crippen LogP contribution in [0.15, 0.2) is 18.2 Å². The number of ether oxygens (including phenoxy) is 1. The predicted octanol–water partition coefficient (Wildman–Crippen LogP) is 1.96. The molecule has 0 heterocycles. The van der Waals surface area contributed by atoms with Crippen molar-refractivity contribution in [2.24, 2.45) is 5.92 Å². The minimum atomic E-state index is -3.48. The van der Waals surface area contributed by atoms with Crippen molar-refractivity contribution in [3.8, 4) is 11.8 Å². The Balaban J connectivity index is 3.15. The summed E-state index contributed by atoms with van der Waals surface area (Å²) in [5.41, 5.74) is 0.435. The van der Waals surface area contributed by atoms with E-state index in [4.69, 9.17) is 10.00 Å². The van der Waals surface area contributed by atoms with Crippen LogP contribution < -0.4 is 9.46 Å². The molecule has 0 spiro atoms. The molecule has 6 heteroatoms. The molecule has 0 unspecified atom stereocenters. The van der Waals surface area contributed by atoms with Crippen LogP contribution in [0.3, 0.4) is 0 Å². The number of sulfonamides is 1. The highest BCUT2D eigenvalue weighted by molar-refractivity contribution is 7.92. The number of nitrogens with zero attached hydrogens (tertiary/aromatic N) is 1. The fourth-order valence-electron chi connectivity index (χ4n) is 1.54. The Morgan fingerprint density at radius 1 is 1.44 bits per heavy atom. The second kappa shape index (κ2) is 5.74. The molecule has 0 saturated carbocycles. The van der Waals surface area contributed by atoms with Crippen LogP contribution in [-0.4, -0.2) is 21.3 Å². The first kappa shape index (κ1) is 14.3. The number of nitrogens with one attached hydrogen (secondary N) is 1. The van der Waals surface area contributed by atoms with Gasteiger partial charge in [0.05, 0.1) is 18.4 Å². The second-order valence-corrected chi connectivity index (χ2v) is 6.04. The first-order chi connectivity index (χ1) is 8.39. The van der Waals surface area contributed by atoms with Crippen molar-refractivity contribution in [3.63, 3.8) is 0 Å². The molecule has 0 bridgehead atoms. The van der Waals surface area contributed by atoms with E-state index in [1.807, 2.05) is 19.9 Å². The van der Waals surface area contributed by atoms with Gasteiger partial charge in [-0.3, -0.25) is 4.72 Å². The van der Waals surface area contributed by atoms with Gasteiger partial charge in [-0.05, 0) is 18.1 Å². The molecule has 0 radical (unpaired) electrons. The Bertz CT molecular complexity index is 559. The number of anilines is 1. The summed E-state index contributed by atoms with van der Waals surface area (Å²) < 4.78 is 31.2. The molecular formula is C12H16N2O3S. The summed E-state index contributed by atoms with van der Waals surface area (Å²) in [6.07, 6.45) is 0. The maximum atomic E-state index is 11.9. The standard InChI is InChI=1S/C12H16N2O3S/c1-9(2)8-18(15,16)14-12-10(7-13)5-4-6-11(12)17-3/h4-6,9,14H,8H2,1-3H3. The fraction of sp³-hybridized carbons (Fsp3) is 0.417. The van der Waals surface area contributed by atoms with Crippen LogP contribution in [0.25, 0.3) is 0 Å². The zero-order chi connectivity index (χ0) is 13.8. The van der Waals surface area contributed by atoms with E-state index < -0.39 is 10.0 Å². The average Bonchev–Trinajstić information content (AvgIpc) is 2.27. The SMILES string of the molecule is COc1cccc(C#N)c1NS(=O)(=O)CC(C)C. The molecule has 0 aromatic heterocycles. The highest BCUT2D eigenvalue weighted by Crippen LogP contribution is 2.29. The predicted molar refractivity (Wildman–Crippen MR) is 70.0 cm³/mol. The zero-order valence-corrected chi connectivity index (χ0v) is 11.4. The van der Waals surface area contributed by atoms with Gasteiger partial charge in [0.1, 0.15) is 17.5 Å². The summed E-state index contributed by atoms with van der Waals surface area (Å²) >= 11 is 0. The van der Waals surface area contributed by atoms with Gasteiger partial charge in [0, 0.05) is 0 Å². The van der Waals surface area contributed by atoms with Crippen LogP contribution >= 0.6 is 0 Å². The average molecular weight is 268 g/mol. The Morgan fingerprint density at radius 2 is 2.11 bits per heavy atom. The minimum absolute atomic E-state index is 0.00254. The van der Waals surface area contributed by atoms with Gasteiger partial charge < -0.3 is 4.74 Å². The molecular weight excluding hydrogens is 252 g/mol. The Hall–Kier alpha value is -1.74. The van der Waals surface area contributed by atoms with Crippen LogP contribution in [0, 0.1) is 17.2 Å². The normalized spacial score (nSPS) is 11.1. The van der Waals surface area contributed by atoms with E-state index in [0.29, 0.717) is 5.75 Å². The molecule has 1 rings (SSSR count). The summed E-state index contributed by atoms with van der Waals surface area (Å²) in [5.74, 6) is 0.333. The Kier molecular flexibility index (Phi) is 4.56. The smallest absolute Gasteiger partial charge is 0.233 e. The van der Waals surface area contributed by atoms with E-state index >= 15 is 0 Å². The molecule has 0 fully saturated rings. The number of benzene rings is 1. The van der Waals surface area contributed by atoms with Gasteiger partial charge >= 0.3 is 0 Å². The third-order valence-corrected chi connectivity index (χ3v) is 3.80. The van der Waals surface area contributed by atoms with E-state index in [0.717, 1.165) is 0 Å². The van der Waals surface area contributed by atoms with Gasteiger partial charge in [-0.2, -0.15) is 5.26 Å². The van der Waals surface area contributed by atoms with Crippen molar-refractivity contribution in [3.05, 3.63) is 23.8 Å². The molecule has 0 aliphatic heterocycles. The monoisotopic (exact) mass is 268 g/mol. The maximum Gasteiger partial charge on any atom is 0.233 e. The molecule has 1 aromatic carbocycles. The lowest BCUT2D eigenvalue weighted by molar-refractivity contribution is 0.416. The lowest BCUT2D eigenvalue weighted by atomic mass is 10.2. The van der Waals surface area contributed by atoms with Crippen molar-refractivity contribution in [1.82, 2.24) is 0 Å². The van der Waals surface area contributed by atoms with Crippen molar-refractivity contribution in [2.75, 3.05) is 17.6 Å². The van der Waals surface area contributed by atoms with Crippen molar-refractivity contribution < 1.29 is 13.2 Å². The molecule has 18 heavy (non-hydrogen) atoms. The first-order valence-electron chi connectivity index (χ1n) is 5.47. The first-order valence-corrected chi connectivity index (χ1v) is 7.12. The summed E-state index contributed by atoms with van der Waals surface area (Å²) in [7, 11) is -2.05. The highest BCUT2D eigenvalue weighted by atomic mass is 32.2. The molecule has 5 nitrogen and oxygen atoms in total.